The predicted octanol–water partition coefficient (Wildman–Crippen LogP) is 1.45. The Balaban J connectivity index is 1.29. The van der Waals surface area contributed by atoms with Crippen molar-refractivity contribution < 1.29 is 9.59 Å². The molecule has 9 nitrogen and oxygen atoms in total. The van der Waals surface area contributed by atoms with Gasteiger partial charge in [0.2, 0.25) is 0 Å². The van der Waals surface area contributed by atoms with Gasteiger partial charge in [0, 0.05) is 44.5 Å². The molecule has 0 saturated carbocycles. The lowest BCUT2D eigenvalue weighted by Crippen LogP contribution is -2.47. The molecule has 5 rings (SSSR count). The van der Waals surface area contributed by atoms with Gasteiger partial charge in [-0.15, -0.1) is 0 Å². The van der Waals surface area contributed by atoms with E-state index in [1.165, 1.54) is 11.8 Å². The summed E-state index contributed by atoms with van der Waals surface area (Å²) < 4.78 is 0. The molecule has 166 valence electrons. The molecule has 3 aliphatic rings. The summed E-state index contributed by atoms with van der Waals surface area (Å²) in [6, 6.07) is 9.55. The average molecular weight is 452 g/mol. The molecule has 0 spiro atoms. The van der Waals surface area contributed by atoms with Gasteiger partial charge < -0.3 is 15.5 Å². The number of amides is 2. The number of aromatic nitrogens is 1. The van der Waals surface area contributed by atoms with Crippen LogP contribution >= 0.6 is 11.8 Å². The number of hydrazone groups is 1. The van der Waals surface area contributed by atoms with E-state index in [1.807, 2.05) is 30.3 Å². The second-order valence-corrected chi connectivity index (χ2v) is 9.48. The normalized spacial score (nSPS) is 22.8. The lowest BCUT2D eigenvalue weighted by molar-refractivity contribution is -0.118. The largest absolute Gasteiger partial charge is 0.367 e. The Bertz CT molecular complexity index is 1090. The average Bonchev–Trinajstić information content (AvgIpc) is 3.23. The number of fused-ring (bicyclic) bond motifs is 1. The molecule has 3 aliphatic heterocycles. The quantitative estimate of drug-likeness (QED) is 0.649. The highest BCUT2D eigenvalue weighted by atomic mass is 32.2. The maximum Gasteiger partial charge on any atom is 0.262 e. The molecule has 3 N–H and O–H groups in total. The van der Waals surface area contributed by atoms with Gasteiger partial charge in [-0.1, -0.05) is 18.2 Å². The monoisotopic (exact) mass is 451 g/mol. The third kappa shape index (κ3) is 3.80. The number of amidine groups is 1. The van der Waals surface area contributed by atoms with E-state index >= 15 is 0 Å². The Morgan fingerprint density at radius 2 is 2.00 bits per heavy atom. The second kappa shape index (κ2) is 8.44. The number of hydrogen-bond donors (Lipinski definition) is 3. The highest BCUT2D eigenvalue weighted by Crippen LogP contribution is 2.34. The van der Waals surface area contributed by atoms with Crippen LogP contribution < -0.4 is 21.0 Å². The van der Waals surface area contributed by atoms with Crippen LogP contribution in [0.1, 0.15) is 22.8 Å². The first kappa shape index (κ1) is 20.8. The Hall–Kier alpha value is -3.11. The number of nitrogens with zero attached hydrogens (tertiary/aromatic N) is 4. The topological polar surface area (TPSA) is 102 Å². The molecule has 1 aromatic heterocycles. The first-order valence-electron chi connectivity index (χ1n) is 10.7. The number of anilines is 2. The number of hydrogen-bond acceptors (Lipinski definition) is 8. The highest BCUT2D eigenvalue weighted by Gasteiger charge is 2.43. The number of carbonyl (C=O) groups excluding carboxylic acids is 2. The van der Waals surface area contributed by atoms with E-state index in [9.17, 15) is 9.59 Å². The third-order valence-electron chi connectivity index (χ3n) is 5.93. The van der Waals surface area contributed by atoms with Crippen LogP contribution in [-0.4, -0.2) is 64.5 Å². The molecule has 0 bridgehead atoms. The molecule has 0 radical (unpaired) electrons. The van der Waals surface area contributed by atoms with E-state index in [0.717, 1.165) is 43.9 Å². The molecule has 4 heterocycles. The number of nitrogens with one attached hydrogen (secondary N) is 3. The second-order valence-electron chi connectivity index (χ2n) is 8.09. The Morgan fingerprint density at radius 3 is 2.84 bits per heavy atom. The van der Waals surface area contributed by atoms with Crippen LogP contribution in [0.5, 0.6) is 0 Å². The maximum atomic E-state index is 13.2. The van der Waals surface area contributed by atoms with Crippen LogP contribution in [0.15, 0.2) is 47.8 Å². The minimum atomic E-state index is -1.04. The molecule has 1 fully saturated rings. The zero-order valence-corrected chi connectivity index (χ0v) is 18.6. The van der Waals surface area contributed by atoms with Crippen LogP contribution in [-0.2, 0) is 11.2 Å². The molecular formula is C22H25N7O2S. The minimum Gasteiger partial charge on any atom is -0.367 e. The summed E-state index contributed by atoms with van der Waals surface area (Å²) in [6.45, 7) is 5.83. The van der Waals surface area contributed by atoms with Gasteiger partial charge in [-0.2, -0.15) is 5.10 Å². The molecular weight excluding hydrogens is 426 g/mol. The summed E-state index contributed by atoms with van der Waals surface area (Å²) in [5, 5.41) is 11.2. The fourth-order valence-electron chi connectivity index (χ4n) is 4.11. The van der Waals surface area contributed by atoms with Crippen molar-refractivity contribution in [1.29, 1.82) is 0 Å². The number of pyridine rings is 1. The van der Waals surface area contributed by atoms with Crippen molar-refractivity contribution in [2.45, 2.75) is 18.2 Å². The summed E-state index contributed by atoms with van der Waals surface area (Å²) in [5.74, 6) is -0.326. The van der Waals surface area contributed by atoms with E-state index in [4.69, 9.17) is 0 Å². The van der Waals surface area contributed by atoms with Crippen molar-refractivity contribution in [2.24, 2.45) is 5.10 Å². The molecule has 2 aromatic rings. The fourth-order valence-corrected chi connectivity index (χ4v) is 5.09. The van der Waals surface area contributed by atoms with Crippen LogP contribution in [0, 0.1) is 0 Å². The molecule has 1 aromatic carbocycles. The lowest BCUT2D eigenvalue weighted by atomic mass is 10.00. The number of thioether (sulfide) groups is 1. The van der Waals surface area contributed by atoms with Crippen molar-refractivity contribution in [3.8, 4) is 0 Å². The van der Waals surface area contributed by atoms with Crippen LogP contribution in [0.3, 0.4) is 0 Å². The van der Waals surface area contributed by atoms with E-state index in [1.54, 1.807) is 24.2 Å². The van der Waals surface area contributed by atoms with E-state index in [0.29, 0.717) is 23.0 Å². The van der Waals surface area contributed by atoms with Gasteiger partial charge in [0.15, 0.2) is 10.0 Å². The minimum absolute atomic E-state index is 0.0854. The zero-order valence-electron chi connectivity index (χ0n) is 17.8. The summed E-state index contributed by atoms with van der Waals surface area (Å²) >= 11 is 1.25. The predicted molar refractivity (Wildman–Crippen MR) is 126 cm³/mol. The van der Waals surface area contributed by atoms with Crippen molar-refractivity contribution in [3.63, 3.8) is 0 Å². The first-order valence-corrected chi connectivity index (χ1v) is 11.5. The van der Waals surface area contributed by atoms with Crippen molar-refractivity contribution in [2.75, 3.05) is 42.9 Å². The number of benzene rings is 1. The summed E-state index contributed by atoms with van der Waals surface area (Å²) in [5.41, 5.74) is 6.30. The van der Waals surface area contributed by atoms with Gasteiger partial charge in [-0.3, -0.25) is 24.9 Å². The molecule has 10 heteroatoms. The van der Waals surface area contributed by atoms with Crippen LogP contribution in [0.4, 0.5) is 11.4 Å². The van der Waals surface area contributed by atoms with Gasteiger partial charge >= 0.3 is 0 Å². The number of carbonyl (C=O) groups is 2. The number of piperazine rings is 1. The van der Waals surface area contributed by atoms with Gasteiger partial charge in [0.05, 0.1) is 17.6 Å². The molecule has 1 unspecified atom stereocenters. The van der Waals surface area contributed by atoms with E-state index in [-0.39, 0.29) is 11.8 Å². The molecule has 1 saturated heterocycles. The van der Waals surface area contributed by atoms with Crippen molar-refractivity contribution in [3.05, 3.63) is 53.9 Å². The van der Waals surface area contributed by atoms with Crippen LogP contribution in [0.25, 0.3) is 0 Å². The Morgan fingerprint density at radius 1 is 1.19 bits per heavy atom. The summed E-state index contributed by atoms with van der Waals surface area (Å²) in [7, 11) is 0. The van der Waals surface area contributed by atoms with Crippen LogP contribution in [0.2, 0.25) is 0 Å². The third-order valence-corrected chi connectivity index (χ3v) is 7.11. The summed E-state index contributed by atoms with van der Waals surface area (Å²) in [4.78, 5) is 33.3. The molecule has 1 atom stereocenters. The molecule has 2 amide bonds. The van der Waals surface area contributed by atoms with Gasteiger partial charge in [0.1, 0.15) is 0 Å². The van der Waals surface area contributed by atoms with E-state index in [2.05, 4.69) is 31.0 Å². The molecule has 0 aliphatic carbocycles. The van der Waals surface area contributed by atoms with Gasteiger partial charge in [-0.25, -0.2) is 0 Å². The SMILES string of the molecule is CC1(C(=O)Nc2cnccc2N2CCNCC2)NN=C(N2CCc3ccccc3C2=O)S1. The molecule has 32 heavy (non-hydrogen) atoms. The Labute approximate surface area is 190 Å². The highest BCUT2D eigenvalue weighted by molar-refractivity contribution is 8.15. The Kier molecular flexibility index (Phi) is 5.48. The maximum absolute atomic E-state index is 13.2. The van der Waals surface area contributed by atoms with Crippen molar-refractivity contribution >= 4 is 40.1 Å². The smallest absolute Gasteiger partial charge is 0.262 e. The summed E-state index contributed by atoms with van der Waals surface area (Å²) in [6.07, 6.45) is 4.16. The van der Waals surface area contributed by atoms with Gasteiger partial charge in [-0.05, 0) is 42.8 Å². The zero-order chi connectivity index (χ0) is 22.1. The number of rotatable bonds is 3. The first-order chi connectivity index (χ1) is 15.5. The lowest BCUT2D eigenvalue weighted by Gasteiger charge is -2.31. The van der Waals surface area contributed by atoms with E-state index < -0.39 is 4.87 Å². The van der Waals surface area contributed by atoms with Crippen molar-refractivity contribution in [1.82, 2.24) is 20.6 Å². The standard InChI is InChI=1S/C22H25N7O2S/c1-22(20(31)25-17-14-24-8-6-18(17)28-12-9-23-10-13-28)27-26-21(32-22)29-11-7-15-4-2-3-5-16(15)19(29)30/h2-6,8,14,23,27H,7,9-13H2,1H3,(H,25,31). The van der Waals surface area contributed by atoms with Gasteiger partial charge in [0.25, 0.3) is 11.8 Å². The fraction of sp³-hybridized carbons (Fsp3) is 0.364.